The van der Waals surface area contributed by atoms with Gasteiger partial charge in [0.1, 0.15) is 16.1 Å². The first-order chi connectivity index (χ1) is 20.3. The molecule has 0 aliphatic carbocycles. The van der Waals surface area contributed by atoms with Crippen LogP contribution in [0.4, 0.5) is 0 Å². The number of benzene rings is 5. The highest BCUT2D eigenvalue weighted by molar-refractivity contribution is 6.86. The van der Waals surface area contributed by atoms with E-state index in [1.54, 1.807) is 0 Å². The van der Waals surface area contributed by atoms with Crippen molar-refractivity contribution >= 4 is 59.2 Å². The summed E-state index contributed by atoms with van der Waals surface area (Å²) in [5.41, 5.74) is 10.3. The van der Waals surface area contributed by atoms with Crippen LogP contribution >= 0.6 is 0 Å². The minimum absolute atomic E-state index is 1.19. The summed E-state index contributed by atoms with van der Waals surface area (Å²) < 4.78 is 0. The third-order valence-corrected chi connectivity index (χ3v) is 16.9. The van der Waals surface area contributed by atoms with E-state index in [4.69, 9.17) is 0 Å². The van der Waals surface area contributed by atoms with Gasteiger partial charge < -0.3 is 0 Å². The second-order valence-corrected chi connectivity index (χ2v) is 21.6. The third kappa shape index (κ3) is 6.22. The van der Waals surface area contributed by atoms with Crippen molar-refractivity contribution in [3.05, 3.63) is 83.9 Å². The zero-order valence-corrected chi connectivity index (χ0v) is 28.6. The van der Waals surface area contributed by atoms with Crippen LogP contribution in [0.25, 0.3) is 43.1 Å². The Morgan fingerprint density at radius 3 is 1.17 bits per heavy atom. The van der Waals surface area contributed by atoms with Crippen LogP contribution in [0.2, 0.25) is 37.3 Å². The van der Waals surface area contributed by atoms with Gasteiger partial charge in [0, 0.05) is 11.1 Å². The molecule has 0 aliphatic rings. The van der Waals surface area contributed by atoms with Crippen molar-refractivity contribution in [2.24, 2.45) is 0 Å². The van der Waals surface area contributed by atoms with Crippen LogP contribution in [-0.2, 0) is 0 Å². The summed E-state index contributed by atoms with van der Waals surface area (Å²) in [6.45, 7) is 14.2. The molecule has 0 spiro atoms. The minimum Gasteiger partial charge on any atom is -0.126 e. The molecule has 0 saturated carbocycles. The Bertz CT molecular complexity index is 1720. The van der Waals surface area contributed by atoms with Gasteiger partial charge in [-0.25, -0.2) is 0 Å². The molecule has 2 heteroatoms. The molecule has 0 N–H and O–H groups in total. The van der Waals surface area contributed by atoms with Gasteiger partial charge in [0.05, 0.1) is 0 Å². The molecule has 42 heavy (non-hydrogen) atoms. The molecule has 0 amide bonds. The number of hydrogen-bond acceptors (Lipinski definition) is 0. The fourth-order valence-electron chi connectivity index (χ4n) is 7.02. The zero-order valence-electron chi connectivity index (χ0n) is 26.6. The van der Waals surface area contributed by atoms with Crippen molar-refractivity contribution in [2.75, 3.05) is 0 Å². The maximum atomic E-state index is 3.95. The van der Waals surface area contributed by atoms with Crippen LogP contribution in [-0.4, -0.2) is 16.1 Å². The average molecular weight is 583 g/mol. The minimum atomic E-state index is -1.65. The highest BCUT2D eigenvalue weighted by Crippen LogP contribution is 2.36. The van der Waals surface area contributed by atoms with Crippen molar-refractivity contribution in [1.82, 2.24) is 0 Å². The van der Waals surface area contributed by atoms with Crippen molar-refractivity contribution in [3.63, 3.8) is 0 Å². The van der Waals surface area contributed by atoms with Gasteiger partial charge in [0.25, 0.3) is 0 Å². The Labute approximate surface area is 255 Å². The van der Waals surface area contributed by atoms with Gasteiger partial charge in [-0.05, 0) is 91.5 Å². The van der Waals surface area contributed by atoms with Gasteiger partial charge in [0.2, 0.25) is 0 Å². The molecule has 0 radical (unpaired) electrons. The third-order valence-electron chi connectivity index (χ3n) is 9.03. The molecule has 0 aliphatic heterocycles. The second-order valence-electron chi connectivity index (χ2n) is 12.9. The molecule has 5 rings (SSSR count). The van der Waals surface area contributed by atoms with Gasteiger partial charge in [-0.2, -0.15) is 0 Å². The first-order valence-corrected chi connectivity index (χ1v) is 22.0. The molecule has 214 valence electrons. The van der Waals surface area contributed by atoms with Crippen LogP contribution in [0.3, 0.4) is 0 Å². The quantitative estimate of drug-likeness (QED) is 0.0969. The number of rotatable bonds is 8. The fourth-order valence-corrected chi connectivity index (χ4v) is 13.3. The normalized spacial score (nSPS) is 12.0. The Morgan fingerprint density at radius 1 is 0.452 bits per heavy atom. The van der Waals surface area contributed by atoms with Gasteiger partial charge in [-0.3, -0.25) is 0 Å². The van der Waals surface area contributed by atoms with Crippen molar-refractivity contribution in [2.45, 2.75) is 90.6 Å². The average Bonchev–Trinajstić information content (AvgIpc) is 2.97. The SMILES string of the molecule is CCC[Si](C)(C#Cc1c2ccccc2c(C#C[Si](C)(CCC)CCC)c2cc3cc4ccccc4cc3cc12)CCC. The van der Waals surface area contributed by atoms with Gasteiger partial charge in [-0.1, -0.05) is 127 Å². The largest absolute Gasteiger partial charge is 0.135 e. The van der Waals surface area contributed by atoms with E-state index in [9.17, 15) is 0 Å². The lowest BCUT2D eigenvalue weighted by molar-refractivity contribution is 0.992. The predicted molar refractivity (Wildman–Crippen MR) is 194 cm³/mol. The summed E-state index contributed by atoms with van der Waals surface area (Å²) >= 11 is 0. The lowest BCUT2D eigenvalue weighted by atomic mass is 9.90. The monoisotopic (exact) mass is 582 g/mol. The van der Waals surface area contributed by atoms with Crippen LogP contribution in [0.5, 0.6) is 0 Å². The van der Waals surface area contributed by atoms with Crippen molar-refractivity contribution < 1.29 is 0 Å². The second kappa shape index (κ2) is 12.9. The van der Waals surface area contributed by atoms with Crippen LogP contribution in [0.15, 0.2) is 72.8 Å². The van der Waals surface area contributed by atoms with E-state index >= 15 is 0 Å². The summed E-state index contributed by atoms with van der Waals surface area (Å²) in [5, 5.41) is 10.1. The van der Waals surface area contributed by atoms with Crippen molar-refractivity contribution in [3.8, 4) is 22.9 Å². The van der Waals surface area contributed by atoms with E-state index in [2.05, 4.69) is 137 Å². The molecule has 0 aromatic heterocycles. The van der Waals surface area contributed by atoms with E-state index in [-0.39, 0.29) is 0 Å². The van der Waals surface area contributed by atoms with E-state index < -0.39 is 16.1 Å². The Morgan fingerprint density at radius 2 is 0.810 bits per heavy atom. The molecule has 0 heterocycles. The predicted octanol–water partition coefficient (Wildman–Crippen LogP) is 11.9. The molecular weight excluding hydrogens is 537 g/mol. The van der Waals surface area contributed by atoms with Crippen LogP contribution < -0.4 is 0 Å². The topological polar surface area (TPSA) is 0 Å². The van der Waals surface area contributed by atoms with E-state index in [1.165, 1.54) is 104 Å². The molecule has 0 nitrogen and oxygen atoms in total. The molecule has 0 saturated heterocycles. The summed E-state index contributed by atoms with van der Waals surface area (Å²) in [7, 11) is -3.30. The first kappa shape index (κ1) is 30.2. The summed E-state index contributed by atoms with van der Waals surface area (Å²) in [4.78, 5) is 0. The van der Waals surface area contributed by atoms with Gasteiger partial charge >= 0.3 is 0 Å². The molecular formula is C40H46Si2. The number of hydrogen-bond donors (Lipinski definition) is 0. The molecule has 5 aromatic carbocycles. The molecule has 0 bridgehead atoms. The Balaban J connectivity index is 1.89. The molecule has 0 atom stereocenters. The maximum Gasteiger partial charge on any atom is 0.135 e. The lowest BCUT2D eigenvalue weighted by Gasteiger charge is -2.20. The molecule has 5 aromatic rings. The molecule has 0 fully saturated rings. The summed E-state index contributed by atoms with van der Waals surface area (Å²) in [6.07, 6.45) is 4.85. The highest BCUT2D eigenvalue weighted by atomic mass is 28.3. The Kier molecular flexibility index (Phi) is 9.27. The summed E-state index contributed by atoms with van der Waals surface area (Å²) in [6, 6.07) is 32.2. The highest BCUT2D eigenvalue weighted by Gasteiger charge is 2.24. The van der Waals surface area contributed by atoms with Crippen LogP contribution in [0, 0.1) is 22.9 Å². The van der Waals surface area contributed by atoms with Gasteiger partial charge in [-0.15, -0.1) is 11.1 Å². The lowest BCUT2D eigenvalue weighted by Crippen LogP contribution is -2.27. The maximum absolute atomic E-state index is 3.95. The molecule has 0 unspecified atom stereocenters. The first-order valence-electron chi connectivity index (χ1n) is 16.2. The number of fused-ring (bicyclic) bond motifs is 4. The summed E-state index contributed by atoms with van der Waals surface area (Å²) in [5.74, 6) is 7.71. The van der Waals surface area contributed by atoms with Crippen LogP contribution in [0.1, 0.15) is 64.5 Å². The zero-order chi connectivity index (χ0) is 29.7. The van der Waals surface area contributed by atoms with E-state index in [1.807, 2.05) is 0 Å². The van der Waals surface area contributed by atoms with E-state index in [0.717, 1.165) is 0 Å². The van der Waals surface area contributed by atoms with Crippen molar-refractivity contribution in [1.29, 1.82) is 0 Å². The van der Waals surface area contributed by atoms with E-state index in [0.29, 0.717) is 0 Å². The van der Waals surface area contributed by atoms with Gasteiger partial charge in [0.15, 0.2) is 0 Å². The smallest absolute Gasteiger partial charge is 0.126 e. The Hall–Kier alpha value is -3.31. The fraction of sp³-hybridized carbons (Fsp3) is 0.350. The standard InChI is InChI=1S/C40H46Si2/c1-7-21-41(5,22-8-2)25-19-37-35-17-13-14-18-36(35)38(20-26-42(6,23-9-3)24-10-4)40-30-34-28-32-16-12-11-15-31(32)27-33(34)29-39(37)40/h11-18,27-30H,7-10,21-24H2,1-6H3.